The van der Waals surface area contributed by atoms with Gasteiger partial charge in [-0.25, -0.2) is 9.97 Å². The van der Waals surface area contributed by atoms with Crippen LogP contribution in [0.4, 0.5) is 17.3 Å². The van der Waals surface area contributed by atoms with E-state index in [4.69, 9.17) is 4.74 Å². The molecule has 0 saturated heterocycles. The average molecular weight is 362 g/mol. The highest BCUT2D eigenvalue weighted by atomic mass is 16.5. The number of aromatic nitrogens is 2. The van der Waals surface area contributed by atoms with E-state index in [9.17, 15) is 4.79 Å². The number of nitrogens with zero attached hydrogens (tertiary/aromatic N) is 2. The fraction of sp³-hybridized carbons (Fsp3) is 0.190. The number of amides is 1. The molecular formula is C21H22N4O2. The molecule has 0 radical (unpaired) electrons. The highest BCUT2D eigenvalue weighted by Gasteiger charge is 2.12. The third-order valence-electron chi connectivity index (χ3n) is 3.90. The van der Waals surface area contributed by atoms with Crippen LogP contribution in [0.5, 0.6) is 5.75 Å². The molecule has 6 nitrogen and oxygen atoms in total. The Morgan fingerprint density at radius 2 is 1.78 bits per heavy atom. The van der Waals surface area contributed by atoms with Crippen LogP contribution in [0.3, 0.4) is 0 Å². The maximum absolute atomic E-state index is 12.6. The van der Waals surface area contributed by atoms with Crippen molar-refractivity contribution >= 4 is 23.2 Å². The van der Waals surface area contributed by atoms with Gasteiger partial charge in [0.05, 0.1) is 6.61 Å². The maximum atomic E-state index is 12.6. The lowest BCUT2D eigenvalue weighted by Crippen LogP contribution is -2.15. The Balaban J connectivity index is 1.76. The number of nitrogens with one attached hydrogen (secondary N) is 2. The molecular weight excluding hydrogens is 340 g/mol. The number of para-hydroxylation sites is 1. The quantitative estimate of drug-likeness (QED) is 0.676. The largest absolute Gasteiger partial charge is 0.494 e. The molecule has 1 amide bonds. The molecule has 0 atom stereocenters. The molecule has 0 aliphatic heterocycles. The highest BCUT2D eigenvalue weighted by molar-refractivity contribution is 6.03. The number of benzene rings is 2. The van der Waals surface area contributed by atoms with Gasteiger partial charge in [0.2, 0.25) is 5.95 Å². The van der Waals surface area contributed by atoms with Gasteiger partial charge >= 0.3 is 0 Å². The predicted molar refractivity (Wildman–Crippen MR) is 107 cm³/mol. The lowest BCUT2D eigenvalue weighted by molar-refractivity contribution is 0.102. The molecule has 2 N–H and O–H groups in total. The molecule has 0 fully saturated rings. The van der Waals surface area contributed by atoms with Gasteiger partial charge in [-0.05, 0) is 62.7 Å². The normalized spacial score (nSPS) is 10.3. The third kappa shape index (κ3) is 4.82. The monoisotopic (exact) mass is 362 g/mol. The summed E-state index contributed by atoms with van der Waals surface area (Å²) >= 11 is 0. The van der Waals surface area contributed by atoms with Crippen molar-refractivity contribution in [1.29, 1.82) is 0 Å². The lowest BCUT2D eigenvalue weighted by atomic mass is 10.2. The number of ether oxygens (including phenoxy) is 1. The van der Waals surface area contributed by atoms with Crippen molar-refractivity contribution in [3.8, 4) is 5.75 Å². The van der Waals surface area contributed by atoms with E-state index in [1.165, 1.54) is 0 Å². The van der Waals surface area contributed by atoms with E-state index in [0.717, 1.165) is 17.0 Å². The Kier molecular flexibility index (Phi) is 5.66. The fourth-order valence-electron chi connectivity index (χ4n) is 2.57. The highest BCUT2D eigenvalue weighted by Crippen LogP contribution is 2.19. The first-order valence-corrected chi connectivity index (χ1v) is 8.77. The van der Waals surface area contributed by atoms with Gasteiger partial charge in [0.15, 0.2) is 0 Å². The summed E-state index contributed by atoms with van der Waals surface area (Å²) in [4.78, 5) is 21.3. The van der Waals surface area contributed by atoms with Crippen LogP contribution >= 0.6 is 0 Å². The summed E-state index contributed by atoms with van der Waals surface area (Å²) in [6.07, 6.45) is 0. The number of rotatable bonds is 6. The van der Waals surface area contributed by atoms with Crippen molar-refractivity contribution in [2.24, 2.45) is 0 Å². The Labute approximate surface area is 158 Å². The van der Waals surface area contributed by atoms with Crippen LogP contribution in [0.15, 0.2) is 54.6 Å². The van der Waals surface area contributed by atoms with Gasteiger partial charge in [0.25, 0.3) is 5.91 Å². The van der Waals surface area contributed by atoms with Gasteiger partial charge in [-0.3, -0.25) is 4.79 Å². The molecule has 6 heteroatoms. The van der Waals surface area contributed by atoms with E-state index in [1.807, 2.05) is 57.2 Å². The summed E-state index contributed by atoms with van der Waals surface area (Å²) in [6.45, 7) is 6.36. The molecule has 0 saturated carbocycles. The number of carbonyl (C=O) groups excluding carboxylic acids is 1. The number of anilines is 3. The molecule has 3 aromatic rings. The zero-order chi connectivity index (χ0) is 19.2. The molecule has 0 aliphatic rings. The number of hydrogen-bond donors (Lipinski definition) is 2. The maximum Gasteiger partial charge on any atom is 0.274 e. The summed E-state index contributed by atoms with van der Waals surface area (Å²) in [5.41, 5.74) is 3.66. The van der Waals surface area contributed by atoms with Gasteiger partial charge in [-0.2, -0.15) is 0 Å². The lowest BCUT2D eigenvalue weighted by Gasteiger charge is -2.11. The minimum Gasteiger partial charge on any atom is -0.494 e. The minimum absolute atomic E-state index is 0.294. The van der Waals surface area contributed by atoms with Crippen molar-refractivity contribution < 1.29 is 9.53 Å². The van der Waals surface area contributed by atoms with Gasteiger partial charge in [0, 0.05) is 17.1 Å². The van der Waals surface area contributed by atoms with Crippen molar-refractivity contribution in [3.05, 3.63) is 71.5 Å². The van der Waals surface area contributed by atoms with Crippen molar-refractivity contribution in [1.82, 2.24) is 9.97 Å². The third-order valence-corrected chi connectivity index (χ3v) is 3.90. The molecule has 0 bridgehead atoms. The zero-order valence-electron chi connectivity index (χ0n) is 15.6. The first-order chi connectivity index (χ1) is 13.0. The predicted octanol–water partition coefficient (Wildman–Crippen LogP) is 4.49. The molecule has 27 heavy (non-hydrogen) atoms. The molecule has 3 rings (SSSR count). The second kappa shape index (κ2) is 8.31. The van der Waals surface area contributed by atoms with Crippen LogP contribution in [0.2, 0.25) is 0 Å². The molecule has 1 aromatic heterocycles. The van der Waals surface area contributed by atoms with E-state index in [0.29, 0.717) is 29.6 Å². The van der Waals surface area contributed by atoms with Gasteiger partial charge in [0.1, 0.15) is 11.4 Å². The van der Waals surface area contributed by atoms with Gasteiger partial charge in [-0.1, -0.05) is 18.2 Å². The second-order valence-corrected chi connectivity index (χ2v) is 6.07. The number of aryl methyl sites for hydroxylation is 2. The SMILES string of the molecule is CCOc1ccc(NC(=O)c2cc(C)nc(Nc3ccccc3C)n2)cc1. The second-order valence-electron chi connectivity index (χ2n) is 6.07. The number of carbonyl (C=O) groups is 1. The standard InChI is InChI=1S/C21H22N4O2/c1-4-27-17-11-9-16(10-12-17)23-20(26)19-13-15(3)22-21(25-19)24-18-8-6-5-7-14(18)2/h5-13H,4H2,1-3H3,(H,23,26)(H,22,24,25). The topological polar surface area (TPSA) is 76.1 Å². The van der Waals surface area contributed by atoms with E-state index < -0.39 is 0 Å². The molecule has 2 aromatic carbocycles. The molecule has 0 spiro atoms. The molecule has 1 heterocycles. The Hall–Kier alpha value is -3.41. The van der Waals surface area contributed by atoms with Crippen molar-refractivity contribution in [2.75, 3.05) is 17.2 Å². The van der Waals surface area contributed by atoms with Gasteiger partial charge in [-0.15, -0.1) is 0 Å². The summed E-state index contributed by atoms with van der Waals surface area (Å²) in [6, 6.07) is 16.7. The van der Waals surface area contributed by atoms with Crippen LogP contribution in [-0.4, -0.2) is 22.5 Å². The Morgan fingerprint density at radius 1 is 1.04 bits per heavy atom. The van der Waals surface area contributed by atoms with Crippen LogP contribution < -0.4 is 15.4 Å². The smallest absolute Gasteiger partial charge is 0.274 e. The first kappa shape index (κ1) is 18.4. The average Bonchev–Trinajstić information content (AvgIpc) is 2.65. The Bertz CT molecular complexity index is 939. The van der Waals surface area contributed by atoms with Crippen LogP contribution in [0.1, 0.15) is 28.7 Å². The van der Waals surface area contributed by atoms with Crippen LogP contribution in [-0.2, 0) is 0 Å². The summed E-state index contributed by atoms with van der Waals surface area (Å²) in [5, 5.41) is 6.02. The first-order valence-electron chi connectivity index (χ1n) is 8.77. The van der Waals surface area contributed by atoms with E-state index in [1.54, 1.807) is 18.2 Å². The summed E-state index contributed by atoms with van der Waals surface area (Å²) in [5.74, 6) is 0.858. The van der Waals surface area contributed by atoms with Crippen molar-refractivity contribution in [2.45, 2.75) is 20.8 Å². The fourth-order valence-corrected chi connectivity index (χ4v) is 2.57. The minimum atomic E-state index is -0.294. The van der Waals surface area contributed by atoms with Crippen LogP contribution in [0, 0.1) is 13.8 Å². The number of hydrogen-bond acceptors (Lipinski definition) is 5. The van der Waals surface area contributed by atoms with Gasteiger partial charge < -0.3 is 15.4 Å². The zero-order valence-corrected chi connectivity index (χ0v) is 15.6. The van der Waals surface area contributed by atoms with E-state index in [2.05, 4.69) is 20.6 Å². The molecule has 138 valence electrons. The van der Waals surface area contributed by atoms with Crippen molar-refractivity contribution in [3.63, 3.8) is 0 Å². The van der Waals surface area contributed by atoms with E-state index >= 15 is 0 Å². The van der Waals surface area contributed by atoms with E-state index in [-0.39, 0.29) is 5.91 Å². The summed E-state index contributed by atoms with van der Waals surface area (Å²) < 4.78 is 5.41. The Morgan fingerprint density at radius 3 is 2.48 bits per heavy atom. The molecule has 0 unspecified atom stereocenters. The molecule has 0 aliphatic carbocycles. The van der Waals surface area contributed by atoms with Crippen LogP contribution in [0.25, 0.3) is 0 Å². The summed E-state index contributed by atoms with van der Waals surface area (Å²) in [7, 11) is 0.